The van der Waals surface area contributed by atoms with E-state index in [2.05, 4.69) is 10.1 Å². The highest BCUT2D eigenvalue weighted by atomic mass is 32.2. The number of benzene rings is 1. The number of halogens is 2. The average molecular weight is 446 g/mol. The van der Waals surface area contributed by atoms with E-state index in [4.69, 9.17) is 4.74 Å². The van der Waals surface area contributed by atoms with Gasteiger partial charge in [0.2, 0.25) is 10.0 Å². The van der Waals surface area contributed by atoms with Crippen LogP contribution in [0.15, 0.2) is 40.6 Å². The number of alkyl halides is 2. The van der Waals surface area contributed by atoms with Gasteiger partial charge in [0.05, 0.1) is 13.2 Å². The highest BCUT2D eigenvalue weighted by Gasteiger charge is 2.31. The first kappa shape index (κ1) is 21.6. The van der Waals surface area contributed by atoms with Gasteiger partial charge in [-0.2, -0.15) is 13.1 Å². The van der Waals surface area contributed by atoms with Crippen LogP contribution in [0.25, 0.3) is 0 Å². The minimum Gasteiger partial charge on any atom is -0.435 e. The summed E-state index contributed by atoms with van der Waals surface area (Å²) in [6, 6.07) is 7.55. The molecule has 1 fully saturated rings. The maximum Gasteiger partial charge on any atom is 0.387 e. The summed E-state index contributed by atoms with van der Waals surface area (Å²) in [7, 11) is -3.76. The summed E-state index contributed by atoms with van der Waals surface area (Å²) in [5, 5.41) is 4.28. The smallest absolute Gasteiger partial charge is 0.387 e. The minimum absolute atomic E-state index is 0.00426. The summed E-state index contributed by atoms with van der Waals surface area (Å²) in [4.78, 5) is 12.6. The molecule has 1 aromatic heterocycles. The molecule has 0 unspecified atom stereocenters. The van der Waals surface area contributed by atoms with Crippen LogP contribution in [0, 0.1) is 0 Å². The van der Waals surface area contributed by atoms with Gasteiger partial charge >= 0.3 is 6.61 Å². The third-order valence-electron chi connectivity index (χ3n) is 4.27. The SMILES string of the molecule is O=C(NCCc1ccc(OC(F)F)cc1)c1sccc1S(=O)(=O)N1CCOCC1. The van der Waals surface area contributed by atoms with E-state index in [1.165, 1.54) is 22.5 Å². The molecule has 158 valence electrons. The summed E-state index contributed by atoms with van der Waals surface area (Å²) < 4.78 is 60.7. The number of amides is 1. The predicted molar refractivity (Wildman–Crippen MR) is 103 cm³/mol. The van der Waals surface area contributed by atoms with Crippen molar-refractivity contribution < 1.29 is 31.5 Å². The first-order valence-electron chi connectivity index (χ1n) is 8.85. The molecular formula is C18H20F2N2O5S2. The third kappa shape index (κ3) is 5.50. The van der Waals surface area contributed by atoms with E-state index >= 15 is 0 Å². The van der Waals surface area contributed by atoms with Crippen molar-refractivity contribution in [1.82, 2.24) is 9.62 Å². The number of rotatable bonds is 8. The number of nitrogens with zero attached hydrogens (tertiary/aromatic N) is 1. The summed E-state index contributed by atoms with van der Waals surface area (Å²) in [6.45, 7) is -1.45. The molecule has 1 amide bonds. The topological polar surface area (TPSA) is 84.9 Å². The largest absolute Gasteiger partial charge is 0.435 e. The van der Waals surface area contributed by atoms with E-state index < -0.39 is 22.5 Å². The van der Waals surface area contributed by atoms with Crippen molar-refractivity contribution in [3.63, 3.8) is 0 Å². The third-order valence-corrected chi connectivity index (χ3v) is 7.25. The van der Waals surface area contributed by atoms with E-state index in [1.54, 1.807) is 17.5 Å². The van der Waals surface area contributed by atoms with Gasteiger partial charge < -0.3 is 14.8 Å². The average Bonchev–Trinajstić information content (AvgIpc) is 3.20. The molecule has 0 saturated carbocycles. The summed E-state index contributed by atoms with van der Waals surface area (Å²) in [6.07, 6.45) is 0.456. The number of carbonyl (C=O) groups is 1. The van der Waals surface area contributed by atoms with Crippen LogP contribution in [0.1, 0.15) is 15.2 Å². The van der Waals surface area contributed by atoms with Crippen molar-refractivity contribution in [3.05, 3.63) is 46.2 Å². The quantitative estimate of drug-likeness (QED) is 0.673. The van der Waals surface area contributed by atoms with Crippen molar-refractivity contribution in [2.75, 3.05) is 32.8 Å². The standard InChI is InChI=1S/C18H20F2N2O5S2/c19-18(20)27-14-3-1-13(2-4-14)5-7-21-17(23)16-15(6-12-28-16)29(24,25)22-8-10-26-11-9-22/h1-4,6,12,18H,5,7-11H2,(H,21,23). The molecule has 11 heteroatoms. The first-order valence-corrected chi connectivity index (χ1v) is 11.2. The van der Waals surface area contributed by atoms with Gasteiger partial charge in [0, 0.05) is 19.6 Å². The lowest BCUT2D eigenvalue weighted by molar-refractivity contribution is -0.0498. The highest BCUT2D eigenvalue weighted by Crippen LogP contribution is 2.26. The van der Waals surface area contributed by atoms with E-state index in [-0.39, 0.29) is 35.2 Å². The lowest BCUT2D eigenvalue weighted by Crippen LogP contribution is -2.41. The molecule has 1 saturated heterocycles. The van der Waals surface area contributed by atoms with Crippen LogP contribution in [0.5, 0.6) is 5.75 Å². The van der Waals surface area contributed by atoms with Crippen molar-refractivity contribution in [2.45, 2.75) is 17.9 Å². The molecule has 0 aliphatic carbocycles. The Kier molecular flexibility index (Phi) is 7.17. The molecule has 2 heterocycles. The van der Waals surface area contributed by atoms with Gasteiger partial charge in [-0.25, -0.2) is 8.42 Å². The Hall–Kier alpha value is -2.08. The number of nitrogens with one attached hydrogen (secondary N) is 1. The van der Waals surface area contributed by atoms with E-state index in [0.29, 0.717) is 19.6 Å². The number of hydrogen-bond acceptors (Lipinski definition) is 6. The highest BCUT2D eigenvalue weighted by molar-refractivity contribution is 7.89. The second-order valence-corrected chi connectivity index (χ2v) is 8.98. The van der Waals surface area contributed by atoms with E-state index in [9.17, 15) is 22.0 Å². The Bertz CT molecular complexity index is 926. The number of hydrogen-bond donors (Lipinski definition) is 1. The number of ether oxygens (including phenoxy) is 2. The molecule has 0 bridgehead atoms. The fourth-order valence-corrected chi connectivity index (χ4v) is 5.56. The first-order chi connectivity index (χ1) is 13.9. The molecule has 1 aliphatic heterocycles. The van der Waals surface area contributed by atoms with Gasteiger partial charge in [0.1, 0.15) is 15.5 Å². The van der Waals surface area contributed by atoms with Gasteiger partial charge in [-0.15, -0.1) is 11.3 Å². The van der Waals surface area contributed by atoms with Crippen LogP contribution >= 0.6 is 11.3 Å². The van der Waals surface area contributed by atoms with Crippen LogP contribution in [-0.2, 0) is 21.2 Å². The second-order valence-electron chi connectivity index (χ2n) is 6.16. The van der Waals surface area contributed by atoms with Crippen molar-refractivity contribution in [2.24, 2.45) is 0 Å². The monoisotopic (exact) mass is 446 g/mol. The molecule has 1 aromatic carbocycles. The van der Waals surface area contributed by atoms with E-state index in [1.807, 2.05) is 0 Å². The van der Waals surface area contributed by atoms with Crippen LogP contribution < -0.4 is 10.1 Å². The lowest BCUT2D eigenvalue weighted by Gasteiger charge is -2.26. The molecule has 29 heavy (non-hydrogen) atoms. The number of carbonyl (C=O) groups excluding carboxylic acids is 1. The zero-order valence-corrected chi connectivity index (χ0v) is 17.0. The molecular weight excluding hydrogens is 426 g/mol. The van der Waals surface area contributed by atoms with Crippen LogP contribution in [0.2, 0.25) is 0 Å². The number of morpholine rings is 1. The summed E-state index contributed by atoms with van der Waals surface area (Å²) in [5.74, 6) is -0.408. The van der Waals surface area contributed by atoms with Crippen molar-refractivity contribution >= 4 is 27.3 Å². The summed E-state index contributed by atoms with van der Waals surface area (Å²) in [5.41, 5.74) is 0.819. The maximum absolute atomic E-state index is 12.8. The number of thiophene rings is 1. The second kappa shape index (κ2) is 9.61. The molecule has 0 atom stereocenters. The molecule has 0 radical (unpaired) electrons. The predicted octanol–water partition coefficient (Wildman–Crippen LogP) is 2.34. The fraction of sp³-hybridized carbons (Fsp3) is 0.389. The molecule has 3 rings (SSSR count). The Labute approximate surface area is 171 Å². The number of sulfonamides is 1. The Balaban J connectivity index is 1.58. The van der Waals surface area contributed by atoms with Gasteiger partial charge in [-0.3, -0.25) is 4.79 Å². The zero-order chi connectivity index (χ0) is 20.9. The van der Waals surface area contributed by atoms with Crippen LogP contribution in [0.3, 0.4) is 0 Å². The fourth-order valence-electron chi connectivity index (χ4n) is 2.83. The maximum atomic E-state index is 12.8. The normalized spacial score (nSPS) is 15.4. The molecule has 0 spiro atoms. The Morgan fingerprint density at radius 1 is 1.21 bits per heavy atom. The van der Waals surface area contributed by atoms with Crippen LogP contribution in [0.4, 0.5) is 8.78 Å². The van der Waals surface area contributed by atoms with Gasteiger partial charge in [0.25, 0.3) is 5.91 Å². The summed E-state index contributed by atoms with van der Waals surface area (Å²) >= 11 is 1.07. The molecule has 1 aliphatic rings. The zero-order valence-electron chi connectivity index (χ0n) is 15.3. The molecule has 7 nitrogen and oxygen atoms in total. The minimum atomic E-state index is -3.76. The van der Waals surface area contributed by atoms with Crippen LogP contribution in [-0.4, -0.2) is 58.1 Å². The van der Waals surface area contributed by atoms with Gasteiger partial charge in [-0.1, -0.05) is 12.1 Å². The van der Waals surface area contributed by atoms with Crippen molar-refractivity contribution in [1.29, 1.82) is 0 Å². The molecule has 2 aromatic rings. The molecule has 1 N–H and O–H groups in total. The Morgan fingerprint density at radius 2 is 1.90 bits per heavy atom. The van der Waals surface area contributed by atoms with E-state index in [0.717, 1.165) is 16.9 Å². The lowest BCUT2D eigenvalue weighted by atomic mass is 10.1. The van der Waals surface area contributed by atoms with Gasteiger partial charge in [0.15, 0.2) is 0 Å². The van der Waals surface area contributed by atoms with Crippen molar-refractivity contribution in [3.8, 4) is 5.75 Å². The van der Waals surface area contributed by atoms with Gasteiger partial charge in [-0.05, 0) is 35.6 Å². The Morgan fingerprint density at radius 3 is 2.55 bits per heavy atom.